The molecule has 2 unspecified atom stereocenters. The van der Waals surface area contributed by atoms with Crippen molar-refractivity contribution < 1.29 is 5.11 Å². The van der Waals surface area contributed by atoms with E-state index in [4.69, 9.17) is 5.73 Å². The van der Waals surface area contributed by atoms with Gasteiger partial charge in [0, 0.05) is 18.1 Å². The minimum Gasteiger partial charge on any atom is -0.387 e. The number of aliphatic hydroxyl groups excluding tert-OH is 1. The number of aliphatic hydroxyl groups is 1. The second-order valence-corrected chi connectivity index (χ2v) is 5.60. The SMILES string of the molecule is CC(N)c1ccc(C(O)CNC(C)(C)C)cc1. The second-order valence-electron chi connectivity index (χ2n) is 5.60. The van der Waals surface area contributed by atoms with Gasteiger partial charge in [-0.15, -0.1) is 0 Å². The van der Waals surface area contributed by atoms with Crippen molar-refractivity contribution in [3.05, 3.63) is 35.4 Å². The molecule has 0 aromatic heterocycles. The molecular weight excluding hydrogens is 212 g/mol. The van der Waals surface area contributed by atoms with E-state index in [0.29, 0.717) is 6.54 Å². The molecule has 1 aromatic carbocycles. The smallest absolute Gasteiger partial charge is 0.0914 e. The number of rotatable bonds is 4. The van der Waals surface area contributed by atoms with Gasteiger partial charge in [0.05, 0.1) is 6.10 Å². The van der Waals surface area contributed by atoms with Gasteiger partial charge in [0.2, 0.25) is 0 Å². The van der Waals surface area contributed by atoms with E-state index in [0.717, 1.165) is 11.1 Å². The molecule has 3 heteroatoms. The topological polar surface area (TPSA) is 58.3 Å². The first-order valence-corrected chi connectivity index (χ1v) is 6.08. The van der Waals surface area contributed by atoms with Crippen molar-refractivity contribution in [3.63, 3.8) is 0 Å². The first-order valence-electron chi connectivity index (χ1n) is 6.08. The third-order valence-electron chi connectivity index (χ3n) is 2.67. The van der Waals surface area contributed by atoms with Crippen LogP contribution in [-0.2, 0) is 0 Å². The maximum atomic E-state index is 10.0. The van der Waals surface area contributed by atoms with Crippen LogP contribution in [0.1, 0.15) is 51.0 Å². The lowest BCUT2D eigenvalue weighted by atomic mass is 10.0. The number of β-amino-alcohol motifs (C(OH)–C–C–N with tert-alkyl or cyclic N) is 1. The highest BCUT2D eigenvalue weighted by Crippen LogP contribution is 2.16. The van der Waals surface area contributed by atoms with E-state index < -0.39 is 6.10 Å². The van der Waals surface area contributed by atoms with Crippen molar-refractivity contribution in [3.8, 4) is 0 Å². The molecule has 0 spiro atoms. The van der Waals surface area contributed by atoms with Crippen LogP contribution in [0.15, 0.2) is 24.3 Å². The molecule has 0 saturated heterocycles. The molecule has 0 aliphatic rings. The minimum absolute atomic E-state index is 0.0205. The lowest BCUT2D eigenvalue weighted by molar-refractivity contribution is 0.163. The fourth-order valence-corrected chi connectivity index (χ4v) is 1.54. The van der Waals surface area contributed by atoms with Gasteiger partial charge in [-0.05, 0) is 38.8 Å². The maximum absolute atomic E-state index is 10.0. The van der Waals surface area contributed by atoms with Gasteiger partial charge in [0.1, 0.15) is 0 Å². The molecular formula is C14H24N2O. The fraction of sp³-hybridized carbons (Fsp3) is 0.571. The van der Waals surface area contributed by atoms with E-state index in [9.17, 15) is 5.11 Å². The van der Waals surface area contributed by atoms with Gasteiger partial charge in [0.25, 0.3) is 0 Å². The number of hydrogen-bond acceptors (Lipinski definition) is 3. The van der Waals surface area contributed by atoms with Crippen LogP contribution in [0.5, 0.6) is 0 Å². The molecule has 0 heterocycles. The Bertz CT molecular complexity index is 338. The van der Waals surface area contributed by atoms with Crippen molar-refractivity contribution in [2.24, 2.45) is 5.73 Å². The summed E-state index contributed by atoms with van der Waals surface area (Å²) in [6.07, 6.45) is -0.476. The summed E-state index contributed by atoms with van der Waals surface area (Å²) in [6.45, 7) is 8.75. The summed E-state index contributed by atoms with van der Waals surface area (Å²) < 4.78 is 0. The van der Waals surface area contributed by atoms with E-state index in [2.05, 4.69) is 26.1 Å². The number of nitrogens with one attached hydrogen (secondary N) is 1. The van der Waals surface area contributed by atoms with E-state index in [-0.39, 0.29) is 11.6 Å². The first kappa shape index (κ1) is 14.2. The maximum Gasteiger partial charge on any atom is 0.0914 e. The highest BCUT2D eigenvalue weighted by molar-refractivity contribution is 5.26. The molecule has 1 rings (SSSR count). The van der Waals surface area contributed by atoms with Crippen LogP contribution in [0.25, 0.3) is 0 Å². The van der Waals surface area contributed by atoms with Crippen LogP contribution in [0.2, 0.25) is 0 Å². The molecule has 0 bridgehead atoms. The van der Waals surface area contributed by atoms with Crippen LogP contribution in [-0.4, -0.2) is 17.2 Å². The highest BCUT2D eigenvalue weighted by atomic mass is 16.3. The average molecular weight is 236 g/mol. The molecule has 3 nitrogen and oxygen atoms in total. The molecule has 2 atom stereocenters. The fourth-order valence-electron chi connectivity index (χ4n) is 1.54. The summed E-state index contributed by atoms with van der Waals surface area (Å²) in [4.78, 5) is 0. The molecule has 96 valence electrons. The number of hydrogen-bond donors (Lipinski definition) is 3. The monoisotopic (exact) mass is 236 g/mol. The molecule has 0 fully saturated rings. The Morgan fingerprint density at radius 3 is 2.06 bits per heavy atom. The Kier molecular flexibility index (Phi) is 4.69. The zero-order valence-electron chi connectivity index (χ0n) is 11.2. The van der Waals surface area contributed by atoms with E-state index in [1.807, 2.05) is 31.2 Å². The zero-order valence-corrected chi connectivity index (χ0v) is 11.2. The standard InChI is InChI=1S/C14H24N2O/c1-10(15)11-5-7-12(8-6-11)13(17)9-16-14(2,3)4/h5-8,10,13,16-17H,9,15H2,1-4H3. The predicted molar refractivity (Wildman–Crippen MR) is 71.8 cm³/mol. The molecule has 0 saturated carbocycles. The van der Waals surface area contributed by atoms with Crippen molar-refractivity contribution in [1.82, 2.24) is 5.32 Å². The van der Waals surface area contributed by atoms with Gasteiger partial charge in [-0.25, -0.2) is 0 Å². The van der Waals surface area contributed by atoms with Gasteiger partial charge in [-0.2, -0.15) is 0 Å². The number of nitrogens with two attached hydrogens (primary N) is 1. The zero-order chi connectivity index (χ0) is 13.1. The Hall–Kier alpha value is -0.900. The average Bonchev–Trinajstić information content (AvgIpc) is 2.25. The van der Waals surface area contributed by atoms with Crippen LogP contribution < -0.4 is 11.1 Å². The number of benzene rings is 1. The van der Waals surface area contributed by atoms with Gasteiger partial charge < -0.3 is 16.2 Å². The molecule has 0 aliphatic carbocycles. The van der Waals surface area contributed by atoms with Gasteiger partial charge in [0.15, 0.2) is 0 Å². The Morgan fingerprint density at radius 2 is 1.65 bits per heavy atom. The summed E-state index contributed by atoms with van der Waals surface area (Å²) in [7, 11) is 0. The third-order valence-corrected chi connectivity index (χ3v) is 2.67. The normalized spacial score (nSPS) is 15.6. The quantitative estimate of drug-likeness (QED) is 0.750. The minimum atomic E-state index is -0.476. The molecule has 0 amide bonds. The second kappa shape index (κ2) is 5.63. The van der Waals surface area contributed by atoms with Crippen LogP contribution >= 0.6 is 0 Å². The Morgan fingerprint density at radius 1 is 1.18 bits per heavy atom. The molecule has 0 radical (unpaired) electrons. The van der Waals surface area contributed by atoms with Crippen molar-refractivity contribution >= 4 is 0 Å². The van der Waals surface area contributed by atoms with Gasteiger partial charge in [-0.1, -0.05) is 24.3 Å². The molecule has 17 heavy (non-hydrogen) atoms. The van der Waals surface area contributed by atoms with Gasteiger partial charge >= 0.3 is 0 Å². The molecule has 0 aliphatic heterocycles. The summed E-state index contributed by atoms with van der Waals surface area (Å²) in [5, 5.41) is 13.3. The Balaban J connectivity index is 2.60. The van der Waals surface area contributed by atoms with Crippen molar-refractivity contribution in [2.45, 2.75) is 45.4 Å². The molecule has 4 N–H and O–H groups in total. The van der Waals surface area contributed by atoms with Crippen LogP contribution in [0.4, 0.5) is 0 Å². The summed E-state index contributed by atoms with van der Waals surface area (Å²) in [5.74, 6) is 0. The summed E-state index contributed by atoms with van der Waals surface area (Å²) >= 11 is 0. The lowest BCUT2D eigenvalue weighted by Crippen LogP contribution is -2.38. The first-order chi connectivity index (χ1) is 7.79. The summed E-state index contributed by atoms with van der Waals surface area (Å²) in [5.41, 5.74) is 7.81. The lowest BCUT2D eigenvalue weighted by Gasteiger charge is -2.23. The predicted octanol–water partition coefficient (Wildman–Crippen LogP) is 2.13. The van der Waals surface area contributed by atoms with Crippen LogP contribution in [0, 0.1) is 0 Å². The largest absolute Gasteiger partial charge is 0.387 e. The van der Waals surface area contributed by atoms with E-state index in [1.165, 1.54) is 0 Å². The van der Waals surface area contributed by atoms with Crippen molar-refractivity contribution in [1.29, 1.82) is 0 Å². The van der Waals surface area contributed by atoms with Crippen LogP contribution in [0.3, 0.4) is 0 Å². The van der Waals surface area contributed by atoms with Crippen molar-refractivity contribution in [2.75, 3.05) is 6.54 Å². The molecule has 1 aromatic rings. The summed E-state index contributed by atoms with van der Waals surface area (Å²) in [6, 6.07) is 7.86. The third kappa shape index (κ3) is 4.86. The highest BCUT2D eigenvalue weighted by Gasteiger charge is 2.13. The van der Waals surface area contributed by atoms with Gasteiger partial charge in [-0.3, -0.25) is 0 Å². The van der Waals surface area contributed by atoms with E-state index in [1.54, 1.807) is 0 Å². The van der Waals surface area contributed by atoms with E-state index >= 15 is 0 Å². The Labute approximate surface area is 104 Å².